The van der Waals surface area contributed by atoms with Gasteiger partial charge in [-0.15, -0.1) is 11.8 Å². The topological polar surface area (TPSA) is 40.6 Å². The maximum absolute atomic E-state index is 13.2. The highest BCUT2D eigenvalue weighted by atomic mass is 32.2. The minimum atomic E-state index is -3.41. The lowest BCUT2D eigenvalue weighted by atomic mass is 9.87. The summed E-state index contributed by atoms with van der Waals surface area (Å²) in [6.07, 6.45) is 11.1. The summed E-state index contributed by atoms with van der Waals surface area (Å²) in [4.78, 5) is 2.98. The van der Waals surface area contributed by atoms with Crippen molar-refractivity contribution in [3.8, 4) is 0 Å². The lowest BCUT2D eigenvalue weighted by Crippen LogP contribution is -2.44. The Labute approximate surface area is 193 Å². The van der Waals surface area contributed by atoms with E-state index in [0.29, 0.717) is 29.3 Å². The molecule has 0 spiro atoms. The van der Waals surface area contributed by atoms with Gasteiger partial charge in [0.25, 0.3) is 0 Å². The van der Waals surface area contributed by atoms with E-state index < -0.39 is 10.0 Å². The van der Waals surface area contributed by atoms with Crippen LogP contribution < -0.4 is 0 Å². The fraction of sp³-hybridized carbons (Fsp3) is 0.680. The molecule has 1 atom stereocenters. The third-order valence-electron chi connectivity index (χ3n) is 7.25. The molecule has 0 amide bonds. The molecule has 4 rings (SSSR count). The van der Waals surface area contributed by atoms with Gasteiger partial charge in [0.2, 0.25) is 10.0 Å². The summed E-state index contributed by atoms with van der Waals surface area (Å²) in [6, 6.07) is 7.49. The fourth-order valence-corrected chi connectivity index (χ4v) is 7.91. The van der Waals surface area contributed by atoms with Crippen LogP contribution in [0.5, 0.6) is 0 Å². The van der Waals surface area contributed by atoms with Crippen LogP contribution in [0.15, 0.2) is 40.8 Å². The largest absolute Gasteiger partial charge is 0.364 e. The average molecular weight is 463 g/mol. The summed E-state index contributed by atoms with van der Waals surface area (Å²) in [7, 11) is -3.41. The number of nitrogens with zero attached hydrogens (tertiary/aromatic N) is 2. The number of sulfonamides is 1. The molecule has 1 unspecified atom stereocenters. The van der Waals surface area contributed by atoms with Gasteiger partial charge in [0.1, 0.15) is 0 Å². The van der Waals surface area contributed by atoms with Crippen LogP contribution in [0, 0.1) is 11.8 Å². The van der Waals surface area contributed by atoms with Crippen molar-refractivity contribution < 1.29 is 8.42 Å². The van der Waals surface area contributed by atoms with Crippen LogP contribution in [0.4, 0.5) is 0 Å². The highest BCUT2D eigenvalue weighted by Crippen LogP contribution is 2.39. The quantitative estimate of drug-likeness (QED) is 0.553. The standard InChI is InChI=1S/C25H38N2O2S2/c1-25(2,3)22-9-11-23(12-10-22)31(28,29)27-15-13-21(14-16-27)24-26(17-18-30-24)19-20-7-5-4-6-8-20/h9-12,17-18,20-21,24H,4-8,13-16,19H2,1-3H3. The molecule has 2 fully saturated rings. The highest BCUT2D eigenvalue weighted by Gasteiger charge is 2.36. The second-order valence-corrected chi connectivity index (χ2v) is 13.5. The van der Waals surface area contributed by atoms with Crippen LogP contribution in [-0.2, 0) is 15.4 Å². The summed E-state index contributed by atoms with van der Waals surface area (Å²) in [6.45, 7) is 8.87. The predicted octanol–water partition coefficient (Wildman–Crippen LogP) is 5.81. The smallest absolute Gasteiger partial charge is 0.243 e. The SMILES string of the molecule is CC(C)(C)c1ccc(S(=O)(=O)N2CCC(C3SC=CN3CC3CCCCC3)CC2)cc1. The zero-order valence-electron chi connectivity index (χ0n) is 19.3. The first-order valence-corrected chi connectivity index (χ1v) is 14.3. The Bertz CT molecular complexity index is 860. The van der Waals surface area contributed by atoms with Crippen molar-refractivity contribution in [3.63, 3.8) is 0 Å². The molecule has 0 N–H and O–H groups in total. The molecule has 31 heavy (non-hydrogen) atoms. The van der Waals surface area contributed by atoms with E-state index in [1.165, 1.54) is 38.6 Å². The van der Waals surface area contributed by atoms with E-state index in [4.69, 9.17) is 0 Å². The van der Waals surface area contributed by atoms with Crippen LogP contribution in [0.2, 0.25) is 0 Å². The molecule has 2 aliphatic heterocycles. The molecular formula is C25H38N2O2S2. The summed E-state index contributed by atoms with van der Waals surface area (Å²) in [5.41, 5.74) is 1.19. The lowest BCUT2D eigenvalue weighted by Gasteiger charge is -2.39. The molecule has 0 aromatic heterocycles. The first-order valence-electron chi connectivity index (χ1n) is 11.9. The van der Waals surface area contributed by atoms with Gasteiger partial charge in [-0.2, -0.15) is 4.31 Å². The third-order valence-corrected chi connectivity index (χ3v) is 10.4. The van der Waals surface area contributed by atoms with Crippen LogP contribution in [0.25, 0.3) is 0 Å². The number of thioether (sulfide) groups is 1. The van der Waals surface area contributed by atoms with Crippen molar-refractivity contribution >= 4 is 21.8 Å². The first kappa shape index (κ1) is 23.2. The van der Waals surface area contributed by atoms with Gasteiger partial charge >= 0.3 is 0 Å². The molecule has 1 saturated carbocycles. The average Bonchev–Trinajstić information content (AvgIpc) is 3.22. The van der Waals surface area contributed by atoms with E-state index in [0.717, 1.165) is 24.3 Å². The molecule has 2 heterocycles. The number of hydrogen-bond acceptors (Lipinski definition) is 4. The maximum atomic E-state index is 13.2. The van der Waals surface area contributed by atoms with Crippen molar-refractivity contribution in [1.29, 1.82) is 0 Å². The first-order chi connectivity index (χ1) is 14.7. The molecule has 1 aliphatic carbocycles. The van der Waals surface area contributed by atoms with Crippen molar-refractivity contribution in [2.24, 2.45) is 11.8 Å². The zero-order chi connectivity index (χ0) is 22.1. The summed E-state index contributed by atoms with van der Waals surface area (Å²) >= 11 is 1.93. The zero-order valence-corrected chi connectivity index (χ0v) is 20.9. The minimum Gasteiger partial charge on any atom is -0.364 e. The second-order valence-electron chi connectivity index (χ2n) is 10.5. The Kier molecular flexibility index (Phi) is 7.09. The summed E-state index contributed by atoms with van der Waals surface area (Å²) in [5.74, 6) is 1.38. The Hall–Kier alpha value is -0.980. The molecular weight excluding hydrogens is 424 g/mol. The molecule has 0 bridgehead atoms. The van der Waals surface area contributed by atoms with Gasteiger partial charge in [0.05, 0.1) is 10.3 Å². The van der Waals surface area contributed by atoms with E-state index >= 15 is 0 Å². The van der Waals surface area contributed by atoms with Gasteiger partial charge in [-0.05, 0) is 66.0 Å². The monoisotopic (exact) mass is 462 g/mol. The van der Waals surface area contributed by atoms with Gasteiger partial charge < -0.3 is 4.90 Å². The Balaban J connectivity index is 1.35. The molecule has 0 radical (unpaired) electrons. The van der Waals surface area contributed by atoms with Gasteiger partial charge in [-0.3, -0.25) is 0 Å². The van der Waals surface area contributed by atoms with Gasteiger partial charge in [0, 0.05) is 25.8 Å². The predicted molar refractivity (Wildman–Crippen MR) is 130 cm³/mol. The third kappa shape index (κ3) is 5.33. The minimum absolute atomic E-state index is 0.0249. The summed E-state index contributed by atoms with van der Waals surface area (Å²) < 4.78 is 28.1. The van der Waals surface area contributed by atoms with Crippen LogP contribution in [0.1, 0.15) is 71.3 Å². The second kappa shape index (κ2) is 9.48. The fourth-order valence-electron chi connectivity index (χ4n) is 5.25. The number of piperidine rings is 1. The molecule has 1 aromatic rings. The van der Waals surface area contributed by atoms with Crippen molar-refractivity contribution in [3.05, 3.63) is 41.4 Å². The Morgan fingerprint density at radius 1 is 0.968 bits per heavy atom. The van der Waals surface area contributed by atoms with Crippen molar-refractivity contribution in [2.75, 3.05) is 19.6 Å². The molecule has 4 nitrogen and oxygen atoms in total. The highest BCUT2D eigenvalue weighted by molar-refractivity contribution is 8.02. The van der Waals surface area contributed by atoms with Gasteiger partial charge in [0.15, 0.2) is 0 Å². The van der Waals surface area contributed by atoms with E-state index in [2.05, 4.69) is 37.3 Å². The normalized spacial score (nSPS) is 24.7. The molecule has 3 aliphatic rings. The lowest BCUT2D eigenvalue weighted by molar-refractivity contribution is 0.176. The van der Waals surface area contributed by atoms with E-state index in [-0.39, 0.29) is 5.41 Å². The van der Waals surface area contributed by atoms with Crippen LogP contribution >= 0.6 is 11.8 Å². The molecule has 1 aromatic carbocycles. The van der Waals surface area contributed by atoms with E-state index in [1.807, 2.05) is 23.9 Å². The van der Waals surface area contributed by atoms with Gasteiger partial charge in [-0.1, -0.05) is 52.2 Å². The molecule has 6 heteroatoms. The number of benzene rings is 1. The molecule has 172 valence electrons. The Morgan fingerprint density at radius 3 is 2.23 bits per heavy atom. The van der Waals surface area contributed by atoms with Crippen LogP contribution in [-0.4, -0.2) is 42.6 Å². The summed E-state index contributed by atoms with van der Waals surface area (Å²) in [5, 5.41) is 2.73. The number of rotatable bonds is 5. The molecule has 1 saturated heterocycles. The van der Waals surface area contributed by atoms with E-state index in [9.17, 15) is 8.42 Å². The number of hydrogen-bond donors (Lipinski definition) is 0. The maximum Gasteiger partial charge on any atom is 0.243 e. The van der Waals surface area contributed by atoms with Crippen molar-refractivity contribution in [2.45, 2.75) is 81.4 Å². The van der Waals surface area contributed by atoms with Crippen LogP contribution in [0.3, 0.4) is 0 Å². The van der Waals surface area contributed by atoms with E-state index in [1.54, 1.807) is 16.4 Å². The van der Waals surface area contributed by atoms with Gasteiger partial charge in [-0.25, -0.2) is 8.42 Å². The van der Waals surface area contributed by atoms with Crippen molar-refractivity contribution in [1.82, 2.24) is 9.21 Å². The Morgan fingerprint density at radius 2 is 1.61 bits per heavy atom.